The van der Waals surface area contributed by atoms with Crippen LogP contribution in [0.25, 0.3) is 11.1 Å². The zero-order chi connectivity index (χ0) is 18.1. The lowest BCUT2D eigenvalue weighted by molar-refractivity contribution is -0.123. The van der Waals surface area contributed by atoms with Gasteiger partial charge in [-0.25, -0.2) is 9.18 Å². The molecule has 0 saturated carbocycles. The van der Waals surface area contributed by atoms with E-state index in [9.17, 15) is 14.0 Å². The van der Waals surface area contributed by atoms with Crippen molar-refractivity contribution in [1.82, 2.24) is 0 Å². The summed E-state index contributed by atoms with van der Waals surface area (Å²) in [7, 11) is 1.29. The molecule has 0 fully saturated rings. The number of hydrogen-bond donors (Lipinski definition) is 1. The van der Waals surface area contributed by atoms with E-state index in [2.05, 4.69) is 5.32 Å². The Balaban J connectivity index is 2.58. The van der Waals surface area contributed by atoms with E-state index in [1.165, 1.54) is 30.6 Å². The summed E-state index contributed by atoms with van der Waals surface area (Å²) in [5, 5.41) is 3.26. The molecule has 0 saturated heterocycles. The monoisotopic (exact) mass is 349 g/mol. The number of anilines is 1. The van der Waals surface area contributed by atoms with E-state index >= 15 is 0 Å². The Morgan fingerprint density at radius 2 is 1.75 bits per heavy atom. The minimum absolute atomic E-state index is 0.195. The molecule has 2 rings (SSSR count). The Morgan fingerprint density at radius 3 is 2.25 bits per heavy atom. The van der Waals surface area contributed by atoms with E-state index in [0.717, 1.165) is 4.88 Å². The van der Waals surface area contributed by atoms with Crippen molar-refractivity contribution in [1.29, 1.82) is 0 Å². The highest BCUT2D eigenvalue weighted by Crippen LogP contribution is 2.40. The maximum absolute atomic E-state index is 13.2. The highest BCUT2D eigenvalue weighted by atomic mass is 32.1. The van der Waals surface area contributed by atoms with Crippen molar-refractivity contribution in [3.05, 3.63) is 40.5 Å². The lowest BCUT2D eigenvalue weighted by atomic mass is 9.95. The van der Waals surface area contributed by atoms with Gasteiger partial charge in [0.1, 0.15) is 16.4 Å². The largest absolute Gasteiger partial charge is 0.465 e. The number of ether oxygens (including phenoxy) is 1. The Bertz CT molecular complexity index is 773. The fraction of sp³-hybridized carbons (Fsp3) is 0.333. The Labute approximate surface area is 144 Å². The lowest BCUT2D eigenvalue weighted by Gasteiger charge is -2.17. The van der Waals surface area contributed by atoms with Crippen LogP contribution in [0.15, 0.2) is 24.3 Å². The fourth-order valence-corrected chi connectivity index (χ4v) is 3.24. The fourth-order valence-electron chi connectivity index (χ4n) is 2.18. The summed E-state index contributed by atoms with van der Waals surface area (Å²) < 4.78 is 18.1. The maximum atomic E-state index is 13.2. The van der Waals surface area contributed by atoms with Gasteiger partial charge < -0.3 is 10.1 Å². The van der Waals surface area contributed by atoms with E-state index in [4.69, 9.17) is 4.74 Å². The molecule has 1 aromatic carbocycles. The van der Waals surface area contributed by atoms with Crippen molar-refractivity contribution in [3.63, 3.8) is 0 Å². The lowest BCUT2D eigenvalue weighted by Crippen LogP contribution is -2.28. The molecule has 6 heteroatoms. The van der Waals surface area contributed by atoms with Gasteiger partial charge in [0.05, 0.1) is 7.11 Å². The van der Waals surface area contributed by atoms with Crippen LogP contribution in [-0.2, 0) is 9.53 Å². The summed E-state index contributed by atoms with van der Waals surface area (Å²) in [5.41, 5.74) is 1.04. The number of aryl methyl sites for hydroxylation is 1. The van der Waals surface area contributed by atoms with Crippen molar-refractivity contribution in [2.24, 2.45) is 5.41 Å². The van der Waals surface area contributed by atoms with Gasteiger partial charge in [-0.05, 0) is 24.6 Å². The molecule has 2 aromatic rings. The summed E-state index contributed by atoms with van der Waals surface area (Å²) in [6.07, 6.45) is 0. The summed E-state index contributed by atoms with van der Waals surface area (Å²) in [6, 6.07) is 5.88. The van der Waals surface area contributed by atoms with Crippen LogP contribution in [0.2, 0.25) is 0 Å². The molecule has 1 N–H and O–H groups in total. The van der Waals surface area contributed by atoms with E-state index < -0.39 is 11.4 Å². The predicted octanol–water partition coefficient (Wildman–Crippen LogP) is 4.63. The number of hydrogen-bond acceptors (Lipinski definition) is 4. The molecule has 0 unspecified atom stereocenters. The highest BCUT2D eigenvalue weighted by Gasteiger charge is 2.28. The quantitative estimate of drug-likeness (QED) is 0.822. The molecule has 128 valence electrons. The third-order valence-electron chi connectivity index (χ3n) is 3.51. The van der Waals surface area contributed by atoms with Gasteiger partial charge in [-0.3, -0.25) is 4.79 Å². The average molecular weight is 349 g/mol. The van der Waals surface area contributed by atoms with Crippen LogP contribution < -0.4 is 5.32 Å². The molecule has 0 bridgehead atoms. The van der Waals surface area contributed by atoms with E-state index in [-0.39, 0.29) is 11.7 Å². The average Bonchev–Trinajstić information content (AvgIpc) is 2.82. The number of carbonyl (C=O) groups excluding carboxylic acids is 2. The second-order valence-electron chi connectivity index (χ2n) is 6.44. The van der Waals surface area contributed by atoms with Gasteiger partial charge in [0.25, 0.3) is 0 Å². The molecule has 4 nitrogen and oxygen atoms in total. The zero-order valence-corrected chi connectivity index (χ0v) is 15.1. The van der Waals surface area contributed by atoms with Gasteiger partial charge in [-0.2, -0.15) is 0 Å². The number of benzene rings is 1. The zero-order valence-electron chi connectivity index (χ0n) is 14.3. The Hall–Kier alpha value is -2.21. The van der Waals surface area contributed by atoms with E-state index in [1.807, 2.05) is 6.92 Å². The minimum atomic E-state index is -0.596. The molecule has 1 heterocycles. The number of halogens is 1. The minimum Gasteiger partial charge on any atom is -0.465 e. The normalized spacial score (nSPS) is 11.2. The number of rotatable bonds is 3. The Kier molecular flexibility index (Phi) is 5.08. The number of methoxy groups -OCH3 is 1. The summed E-state index contributed by atoms with van der Waals surface area (Å²) in [5.74, 6) is -1.09. The van der Waals surface area contributed by atoms with Gasteiger partial charge in [0, 0.05) is 15.9 Å². The summed E-state index contributed by atoms with van der Waals surface area (Å²) >= 11 is 1.30. The molecule has 0 spiro atoms. The van der Waals surface area contributed by atoms with Crippen LogP contribution in [0.1, 0.15) is 36.0 Å². The molecule has 0 aliphatic rings. The number of carbonyl (C=O) groups is 2. The second kappa shape index (κ2) is 6.73. The molecule has 24 heavy (non-hydrogen) atoms. The molecule has 0 atom stereocenters. The van der Waals surface area contributed by atoms with Crippen LogP contribution >= 0.6 is 11.3 Å². The van der Waals surface area contributed by atoms with Crippen LogP contribution in [-0.4, -0.2) is 19.0 Å². The Morgan fingerprint density at radius 1 is 1.17 bits per heavy atom. The van der Waals surface area contributed by atoms with Crippen molar-refractivity contribution in [2.75, 3.05) is 12.4 Å². The topological polar surface area (TPSA) is 55.4 Å². The molecule has 1 amide bonds. The van der Waals surface area contributed by atoms with Crippen molar-refractivity contribution < 1.29 is 18.7 Å². The standard InChI is InChI=1S/C18H20FNO3S/c1-10-13(11-6-8-12(19)9-7-11)14(16(21)23-5)15(24-10)20-17(22)18(2,3)4/h6-9H,1-5H3,(H,20,22). The van der Waals surface area contributed by atoms with Gasteiger partial charge in [-0.1, -0.05) is 32.9 Å². The maximum Gasteiger partial charge on any atom is 0.341 e. The van der Waals surface area contributed by atoms with Gasteiger partial charge in [0.2, 0.25) is 5.91 Å². The van der Waals surface area contributed by atoms with E-state index in [1.54, 1.807) is 32.9 Å². The number of esters is 1. The number of nitrogens with one attached hydrogen (secondary N) is 1. The van der Waals surface area contributed by atoms with Crippen molar-refractivity contribution in [3.8, 4) is 11.1 Å². The highest BCUT2D eigenvalue weighted by molar-refractivity contribution is 7.17. The van der Waals surface area contributed by atoms with Gasteiger partial charge in [-0.15, -0.1) is 11.3 Å². The predicted molar refractivity (Wildman–Crippen MR) is 93.9 cm³/mol. The number of thiophene rings is 1. The smallest absolute Gasteiger partial charge is 0.341 e. The molecule has 0 radical (unpaired) electrons. The first kappa shape index (κ1) is 18.1. The van der Waals surface area contributed by atoms with Crippen LogP contribution in [0, 0.1) is 18.2 Å². The third-order valence-corrected chi connectivity index (χ3v) is 4.54. The SMILES string of the molecule is COC(=O)c1c(NC(=O)C(C)(C)C)sc(C)c1-c1ccc(F)cc1. The molecular weight excluding hydrogens is 329 g/mol. The van der Waals surface area contributed by atoms with Crippen molar-refractivity contribution in [2.45, 2.75) is 27.7 Å². The van der Waals surface area contributed by atoms with Gasteiger partial charge in [0.15, 0.2) is 0 Å². The van der Waals surface area contributed by atoms with Crippen molar-refractivity contribution >= 4 is 28.2 Å². The first-order chi connectivity index (χ1) is 11.1. The first-order valence-corrected chi connectivity index (χ1v) is 8.26. The molecule has 0 aliphatic carbocycles. The molecule has 1 aromatic heterocycles. The van der Waals surface area contributed by atoms with E-state index in [0.29, 0.717) is 21.7 Å². The summed E-state index contributed by atoms with van der Waals surface area (Å²) in [4.78, 5) is 25.4. The molecule has 0 aliphatic heterocycles. The third kappa shape index (κ3) is 3.64. The van der Waals surface area contributed by atoms with Crippen LogP contribution in [0.4, 0.5) is 9.39 Å². The first-order valence-electron chi connectivity index (χ1n) is 7.44. The second-order valence-corrected chi connectivity index (χ2v) is 7.66. The molecular formula is C18H20FNO3S. The van der Waals surface area contributed by atoms with Gasteiger partial charge >= 0.3 is 5.97 Å². The summed E-state index contributed by atoms with van der Waals surface area (Å²) in [6.45, 7) is 7.23. The van der Waals surface area contributed by atoms with Crippen LogP contribution in [0.5, 0.6) is 0 Å². The van der Waals surface area contributed by atoms with Crippen LogP contribution in [0.3, 0.4) is 0 Å². The number of amides is 1.